The third kappa shape index (κ3) is 3.41. The SMILES string of the molecule is Cc1cccc(-c2ccccc2)c1OCc1ccc(C#N)cc1. The molecule has 0 heterocycles. The molecule has 0 N–H and O–H groups in total. The molecule has 0 atom stereocenters. The molecule has 0 unspecified atom stereocenters. The van der Waals surface area contributed by atoms with Gasteiger partial charge in [0.15, 0.2) is 0 Å². The molecule has 23 heavy (non-hydrogen) atoms. The number of nitrogens with zero attached hydrogens (tertiary/aromatic N) is 1. The van der Waals surface area contributed by atoms with Gasteiger partial charge in [-0.05, 0) is 35.7 Å². The fraction of sp³-hybridized carbons (Fsp3) is 0.0952. The molecule has 0 fully saturated rings. The molecule has 0 saturated carbocycles. The van der Waals surface area contributed by atoms with Gasteiger partial charge in [-0.25, -0.2) is 0 Å². The molecule has 0 amide bonds. The maximum atomic E-state index is 8.85. The number of nitriles is 1. The summed E-state index contributed by atoms with van der Waals surface area (Å²) in [5.74, 6) is 0.906. The highest BCUT2D eigenvalue weighted by atomic mass is 16.5. The Morgan fingerprint density at radius 3 is 2.30 bits per heavy atom. The van der Waals surface area contributed by atoms with Crippen molar-refractivity contribution < 1.29 is 4.74 Å². The second-order valence-electron chi connectivity index (χ2n) is 5.42. The van der Waals surface area contributed by atoms with Gasteiger partial charge in [0.05, 0.1) is 11.6 Å². The summed E-state index contributed by atoms with van der Waals surface area (Å²) < 4.78 is 6.10. The predicted molar refractivity (Wildman–Crippen MR) is 92.1 cm³/mol. The van der Waals surface area contributed by atoms with Crippen molar-refractivity contribution in [2.45, 2.75) is 13.5 Å². The van der Waals surface area contributed by atoms with Crippen LogP contribution in [0.1, 0.15) is 16.7 Å². The van der Waals surface area contributed by atoms with E-state index in [4.69, 9.17) is 10.00 Å². The van der Waals surface area contributed by atoms with E-state index in [1.54, 1.807) is 0 Å². The lowest BCUT2D eigenvalue weighted by Crippen LogP contribution is -1.99. The summed E-state index contributed by atoms with van der Waals surface area (Å²) in [6.07, 6.45) is 0. The highest BCUT2D eigenvalue weighted by molar-refractivity contribution is 5.72. The van der Waals surface area contributed by atoms with Gasteiger partial charge in [0, 0.05) is 5.56 Å². The van der Waals surface area contributed by atoms with Gasteiger partial charge in [0.2, 0.25) is 0 Å². The van der Waals surface area contributed by atoms with Crippen LogP contribution >= 0.6 is 0 Å². The molecule has 2 nitrogen and oxygen atoms in total. The lowest BCUT2D eigenvalue weighted by Gasteiger charge is -2.14. The Labute approximate surface area is 136 Å². The van der Waals surface area contributed by atoms with Gasteiger partial charge in [-0.15, -0.1) is 0 Å². The largest absolute Gasteiger partial charge is 0.488 e. The Bertz CT molecular complexity index is 830. The minimum atomic E-state index is 0.483. The van der Waals surface area contributed by atoms with Gasteiger partial charge in [-0.3, -0.25) is 0 Å². The number of hydrogen-bond acceptors (Lipinski definition) is 2. The Hall–Kier alpha value is -3.05. The second-order valence-corrected chi connectivity index (χ2v) is 5.42. The van der Waals surface area contributed by atoms with E-state index in [1.165, 1.54) is 0 Å². The number of rotatable bonds is 4. The standard InChI is InChI=1S/C21H17NO/c1-16-6-5-9-20(19-7-3-2-4-8-19)21(16)23-15-18-12-10-17(14-22)11-13-18/h2-13H,15H2,1H3. The summed E-state index contributed by atoms with van der Waals surface area (Å²) in [5, 5.41) is 8.85. The van der Waals surface area contributed by atoms with Crippen LogP contribution in [-0.4, -0.2) is 0 Å². The third-order valence-electron chi connectivity index (χ3n) is 3.76. The van der Waals surface area contributed by atoms with Crippen LogP contribution in [0.5, 0.6) is 5.75 Å². The lowest BCUT2D eigenvalue weighted by molar-refractivity contribution is 0.305. The van der Waals surface area contributed by atoms with Crippen molar-refractivity contribution in [2.75, 3.05) is 0 Å². The van der Waals surface area contributed by atoms with E-state index in [-0.39, 0.29) is 0 Å². The molecule has 3 aromatic carbocycles. The van der Waals surface area contributed by atoms with Gasteiger partial charge in [0.25, 0.3) is 0 Å². The van der Waals surface area contributed by atoms with Gasteiger partial charge in [-0.2, -0.15) is 5.26 Å². The summed E-state index contributed by atoms with van der Waals surface area (Å²) in [4.78, 5) is 0. The summed E-state index contributed by atoms with van der Waals surface area (Å²) >= 11 is 0. The first kappa shape index (κ1) is 14.9. The van der Waals surface area contributed by atoms with Gasteiger partial charge < -0.3 is 4.74 Å². The molecular formula is C21H17NO. The number of hydrogen-bond donors (Lipinski definition) is 0. The maximum Gasteiger partial charge on any atom is 0.130 e. The zero-order valence-corrected chi connectivity index (χ0v) is 13.0. The molecule has 2 heteroatoms. The van der Waals surface area contributed by atoms with E-state index in [1.807, 2.05) is 48.5 Å². The van der Waals surface area contributed by atoms with Crippen LogP contribution in [0.2, 0.25) is 0 Å². The number of benzene rings is 3. The minimum Gasteiger partial charge on any atom is -0.488 e. The molecule has 0 radical (unpaired) electrons. The first-order valence-corrected chi connectivity index (χ1v) is 7.55. The van der Waals surface area contributed by atoms with Crippen LogP contribution in [0.4, 0.5) is 0 Å². The normalized spacial score (nSPS) is 10.1. The molecule has 0 aliphatic carbocycles. The second kappa shape index (κ2) is 6.81. The molecule has 112 valence electrons. The molecule has 3 rings (SSSR count). The van der Waals surface area contributed by atoms with Crippen molar-refractivity contribution in [1.29, 1.82) is 5.26 Å². The van der Waals surface area contributed by atoms with Crippen molar-refractivity contribution in [3.05, 3.63) is 89.5 Å². The predicted octanol–water partition coefficient (Wildman–Crippen LogP) is 5.11. The molecule has 0 aliphatic rings. The molecule has 0 aromatic heterocycles. The van der Waals surface area contributed by atoms with Crippen LogP contribution in [0.15, 0.2) is 72.8 Å². The van der Waals surface area contributed by atoms with Gasteiger partial charge in [-0.1, -0.05) is 60.7 Å². The summed E-state index contributed by atoms with van der Waals surface area (Å²) in [6.45, 7) is 2.54. The summed E-state index contributed by atoms with van der Waals surface area (Å²) in [6, 6.07) is 26.0. The van der Waals surface area contributed by atoms with E-state index in [9.17, 15) is 0 Å². The molecule has 0 saturated heterocycles. The molecule has 0 spiro atoms. The van der Waals surface area contributed by atoms with E-state index in [0.29, 0.717) is 12.2 Å². The fourth-order valence-electron chi connectivity index (χ4n) is 2.52. The van der Waals surface area contributed by atoms with Crippen molar-refractivity contribution in [1.82, 2.24) is 0 Å². The smallest absolute Gasteiger partial charge is 0.130 e. The monoisotopic (exact) mass is 299 g/mol. The molecule has 0 aliphatic heterocycles. The van der Waals surface area contributed by atoms with Gasteiger partial charge >= 0.3 is 0 Å². The zero-order chi connectivity index (χ0) is 16.1. The third-order valence-corrected chi connectivity index (χ3v) is 3.76. The van der Waals surface area contributed by atoms with Crippen LogP contribution in [0.3, 0.4) is 0 Å². The fourth-order valence-corrected chi connectivity index (χ4v) is 2.52. The Kier molecular flexibility index (Phi) is 4.40. The van der Waals surface area contributed by atoms with E-state index in [0.717, 1.165) is 28.0 Å². The van der Waals surface area contributed by atoms with E-state index < -0.39 is 0 Å². The van der Waals surface area contributed by atoms with Crippen molar-refractivity contribution in [2.24, 2.45) is 0 Å². The van der Waals surface area contributed by atoms with E-state index in [2.05, 4.69) is 37.3 Å². The van der Waals surface area contributed by atoms with Crippen LogP contribution in [-0.2, 0) is 6.61 Å². The first-order chi connectivity index (χ1) is 11.3. The zero-order valence-electron chi connectivity index (χ0n) is 13.0. The topological polar surface area (TPSA) is 33.0 Å². The highest BCUT2D eigenvalue weighted by Gasteiger charge is 2.09. The van der Waals surface area contributed by atoms with Crippen LogP contribution in [0, 0.1) is 18.3 Å². The summed E-state index contributed by atoms with van der Waals surface area (Å²) in [7, 11) is 0. The quantitative estimate of drug-likeness (QED) is 0.670. The Morgan fingerprint density at radius 1 is 0.870 bits per heavy atom. The number of ether oxygens (including phenoxy) is 1. The molecular weight excluding hydrogens is 282 g/mol. The average Bonchev–Trinajstić information content (AvgIpc) is 2.62. The lowest BCUT2D eigenvalue weighted by atomic mass is 10.0. The number of para-hydroxylation sites is 1. The summed E-state index contributed by atoms with van der Waals surface area (Å²) in [5.41, 5.74) is 5.06. The van der Waals surface area contributed by atoms with Crippen LogP contribution < -0.4 is 4.74 Å². The van der Waals surface area contributed by atoms with E-state index >= 15 is 0 Å². The van der Waals surface area contributed by atoms with Gasteiger partial charge in [0.1, 0.15) is 12.4 Å². The average molecular weight is 299 g/mol. The van der Waals surface area contributed by atoms with Crippen molar-refractivity contribution in [3.8, 4) is 22.9 Å². The van der Waals surface area contributed by atoms with Crippen LogP contribution in [0.25, 0.3) is 11.1 Å². The minimum absolute atomic E-state index is 0.483. The van der Waals surface area contributed by atoms with Crippen molar-refractivity contribution >= 4 is 0 Å². The molecule has 0 bridgehead atoms. The first-order valence-electron chi connectivity index (χ1n) is 7.55. The Morgan fingerprint density at radius 2 is 1.61 bits per heavy atom. The van der Waals surface area contributed by atoms with Crippen molar-refractivity contribution in [3.63, 3.8) is 0 Å². The maximum absolute atomic E-state index is 8.85. The Balaban J connectivity index is 1.86. The highest BCUT2D eigenvalue weighted by Crippen LogP contribution is 2.33. The number of aryl methyl sites for hydroxylation is 1. The molecule has 3 aromatic rings.